The zero-order valence-electron chi connectivity index (χ0n) is 19.8. The highest BCUT2D eigenvalue weighted by molar-refractivity contribution is 6.04. The summed E-state index contributed by atoms with van der Waals surface area (Å²) >= 11 is 0. The van der Waals surface area contributed by atoms with E-state index in [2.05, 4.69) is 21.9 Å². The van der Waals surface area contributed by atoms with Crippen molar-refractivity contribution in [3.63, 3.8) is 0 Å². The first-order valence-corrected chi connectivity index (χ1v) is 11.2. The van der Waals surface area contributed by atoms with E-state index >= 15 is 4.39 Å². The predicted molar refractivity (Wildman–Crippen MR) is 127 cm³/mol. The SMILES string of the molecule is C=CC1(F)CN(C2CCCC2)c2nc(Nc3c(OC)cc(C(=O)O)c(F)c3C)ncc2N(C)C1=O. The van der Waals surface area contributed by atoms with Crippen LogP contribution in [0.1, 0.15) is 41.6 Å². The average molecular weight is 488 g/mol. The second-order valence-corrected chi connectivity index (χ2v) is 8.77. The van der Waals surface area contributed by atoms with Crippen molar-refractivity contribution in [2.45, 2.75) is 44.3 Å². The standard InChI is InChI=1S/C24H27F2N5O4/c1-5-24(26)12-31(14-8-6-7-9-14)20-16(30(3)22(24)34)11-27-23(29-20)28-19-13(2)18(25)15(21(32)33)10-17(19)35-4/h5,10-11,14H,1,6-9,12H2,2-4H3,(H,32,33)(H,27,28,29). The molecule has 4 rings (SSSR count). The fourth-order valence-electron chi connectivity index (χ4n) is 4.67. The maximum Gasteiger partial charge on any atom is 0.338 e. The second-order valence-electron chi connectivity index (χ2n) is 8.77. The van der Waals surface area contributed by atoms with Crippen LogP contribution in [0.2, 0.25) is 0 Å². The van der Waals surface area contributed by atoms with Gasteiger partial charge in [0.2, 0.25) is 11.6 Å². The number of hydrogen-bond acceptors (Lipinski definition) is 7. The molecule has 0 saturated heterocycles. The summed E-state index contributed by atoms with van der Waals surface area (Å²) in [6.45, 7) is 4.72. The van der Waals surface area contributed by atoms with Crippen molar-refractivity contribution in [2.24, 2.45) is 0 Å². The number of fused-ring (bicyclic) bond motifs is 1. The zero-order chi connectivity index (χ0) is 25.5. The number of carboxylic acids is 1. The van der Waals surface area contributed by atoms with Crippen molar-refractivity contribution in [3.05, 3.63) is 41.9 Å². The van der Waals surface area contributed by atoms with Crippen molar-refractivity contribution in [2.75, 3.05) is 35.8 Å². The number of carboxylic acid groups (broad SMARTS) is 1. The molecule has 1 aromatic heterocycles. The normalized spacial score (nSPS) is 20.4. The first kappa shape index (κ1) is 24.4. The minimum Gasteiger partial charge on any atom is -0.495 e. The maximum atomic E-state index is 15.7. The Morgan fingerprint density at radius 3 is 2.69 bits per heavy atom. The molecule has 1 aliphatic heterocycles. The minimum absolute atomic E-state index is 0.00895. The number of carbonyl (C=O) groups is 2. The van der Waals surface area contributed by atoms with Gasteiger partial charge < -0.3 is 25.0 Å². The number of nitrogens with one attached hydrogen (secondary N) is 1. The molecule has 1 unspecified atom stereocenters. The Kier molecular flexibility index (Phi) is 6.35. The Morgan fingerprint density at radius 1 is 1.40 bits per heavy atom. The first-order chi connectivity index (χ1) is 16.6. The number of hydrogen-bond donors (Lipinski definition) is 2. The third kappa shape index (κ3) is 4.15. The van der Waals surface area contributed by atoms with Crippen LogP contribution < -0.4 is 19.9 Å². The predicted octanol–water partition coefficient (Wildman–Crippen LogP) is 3.99. The van der Waals surface area contributed by atoms with Crippen LogP contribution in [0.25, 0.3) is 0 Å². The van der Waals surface area contributed by atoms with Gasteiger partial charge in [0.05, 0.1) is 31.1 Å². The lowest BCUT2D eigenvalue weighted by Crippen LogP contribution is -2.49. The van der Waals surface area contributed by atoms with Gasteiger partial charge in [0.25, 0.3) is 5.91 Å². The number of amides is 1. The van der Waals surface area contributed by atoms with E-state index in [1.54, 1.807) is 4.90 Å². The summed E-state index contributed by atoms with van der Waals surface area (Å²) in [5, 5.41) is 12.2. The number of ether oxygens (including phenoxy) is 1. The Morgan fingerprint density at radius 2 is 2.09 bits per heavy atom. The molecule has 2 aliphatic rings. The topological polar surface area (TPSA) is 108 Å². The number of nitrogens with zero attached hydrogens (tertiary/aromatic N) is 4. The molecular weight excluding hydrogens is 460 g/mol. The van der Waals surface area contributed by atoms with E-state index < -0.39 is 28.9 Å². The number of aromatic carboxylic acids is 1. The molecule has 1 amide bonds. The maximum absolute atomic E-state index is 15.7. The van der Waals surface area contributed by atoms with Crippen LogP contribution in [0.5, 0.6) is 5.75 Å². The highest BCUT2D eigenvalue weighted by Gasteiger charge is 2.46. The van der Waals surface area contributed by atoms with Gasteiger partial charge in [-0.3, -0.25) is 4.79 Å². The monoisotopic (exact) mass is 487 g/mol. The number of benzene rings is 1. The molecule has 2 N–H and O–H groups in total. The van der Waals surface area contributed by atoms with E-state index in [1.165, 1.54) is 32.2 Å². The summed E-state index contributed by atoms with van der Waals surface area (Å²) in [5.41, 5.74) is -2.32. The molecule has 186 valence electrons. The van der Waals surface area contributed by atoms with Crippen LogP contribution in [0.4, 0.5) is 31.9 Å². The summed E-state index contributed by atoms with van der Waals surface area (Å²) in [6.07, 6.45) is 6.04. The lowest BCUT2D eigenvalue weighted by molar-refractivity contribution is -0.126. The summed E-state index contributed by atoms with van der Waals surface area (Å²) in [6, 6.07) is 1.06. The Labute approximate surface area is 201 Å². The van der Waals surface area contributed by atoms with Gasteiger partial charge in [-0.2, -0.15) is 4.98 Å². The van der Waals surface area contributed by atoms with Crippen LogP contribution in [0, 0.1) is 12.7 Å². The lowest BCUT2D eigenvalue weighted by atomic mass is 10.0. The van der Waals surface area contributed by atoms with Crippen molar-refractivity contribution in [1.29, 1.82) is 0 Å². The molecule has 0 radical (unpaired) electrons. The smallest absolute Gasteiger partial charge is 0.338 e. The number of anilines is 4. The van der Waals surface area contributed by atoms with Gasteiger partial charge in [0.15, 0.2) is 5.82 Å². The van der Waals surface area contributed by atoms with Crippen LogP contribution in [-0.2, 0) is 4.79 Å². The van der Waals surface area contributed by atoms with Crippen LogP contribution in [0.15, 0.2) is 24.9 Å². The van der Waals surface area contributed by atoms with Crippen molar-refractivity contribution in [1.82, 2.24) is 9.97 Å². The second kappa shape index (κ2) is 9.12. The number of carbonyl (C=O) groups excluding carboxylic acids is 1. The molecule has 2 aromatic rings. The third-order valence-electron chi connectivity index (χ3n) is 6.68. The molecule has 2 heterocycles. The van der Waals surface area contributed by atoms with Gasteiger partial charge in [-0.1, -0.05) is 19.4 Å². The van der Waals surface area contributed by atoms with Crippen molar-refractivity contribution >= 4 is 35.0 Å². The first-order valence-electron chi connectivity index (χ1n) is 11.2. The van der Waals surface area contributed by atoms with E-state index in [9.17, 15) is 19.1 Å². The molecule has 1 aromatic carbocycles. The average Bonchev–Trinajstić information content (AvgIpc) is 3.36. The van der Waals surface area contributed by atoms with Crippen molar-refractivity contribution < 1.29 is 28.2 Å². The van der Waals surface area contributed by atoms with E-state index in [0.29, 0.717) is 11.5 Å². The zero-order valence-corrected chi connectivity index (χ0v) is 19.8. The molecule has 35 heavy (non-hydrogen) atoms. The molecule has 1 atom stereocenters. The minimum atomic E-state index is -2.30. The van der Waals surface area contributed by atoms with E-state index in [-0.39, 0.29) is 35.5 Å². The van der Waals surface area contributed by atoms with Crippen LogP contribution in [-0.4, -0.2) is 59.4 Å². The molecule has 1 saturated carbocycles. The fraction of sp³-hybridized carbons (Fsp3) is 0.417. The number of alkyl halides is 1. The van der Waals surface area contributed by atoms with E-state index in [4.69, 9.17) is 4.74 Å². The van der Waals surface area contributed by atoms with Crippen LogP contribution >= 0.6 is 0 Å². The van der Waals surface area contributed by atoms with Crippen LogP contribution in [0.3, 0.4) is 0 Å². The molecule has 9 nitrogen and oxygen atoms in total. The van der Waals surface area contributed by atoms with Gasteiger partial charge in [0, 0.05) is 18.7 Å². The number of methoxy groups -OCH3 is 1. The molecule has 1 fully saturated rings. The summed E-state index contributed by atoms with van der Waals surface area (Å²) in [5.74, 6) is -2.58. The van der Waals surface area contributed by atoms with Gasteiger partial charge in [-0.25, -0.2) is 18.6 Å². The lowest BCUT2D eigenvalue weighted by Gasteiger charge is -2.32. The molecule has 0 spiro atoms. The van der Waals surface area contributed by atoms with Gasteiger partial charge in [-0.05, 0) is 31.9 Å². The number of halogens is 2. The van der Waals surface area contributed by atoms with Gasteiger partial charge >= 0.3 is 5.97 Å². The largest absolute Gasteiger partial charge is 0.495 e. The number of rotatable bonds is 6. The molecule has 0 bridgehead atoms. The quantitative estimate of drug-likeness (QED) is 0.589. The van der Waals surface area contributed by atoms with E-state index in [0.717, 1.165) is 37.8 Å². The number of aromatic nitrogens is 2. The molecule has 11 heteroatoms. The molecule has 1 aliphatic carbocycles. The summed E-state index contributed by atoms with van der Waals surface area (Å²) in [4.78, 5) is 36.1. The Bertz CT molecular complexity index is 1200. The Hall–Kier alpha value is -3.76. The van der Waals surface area contributed by atoms with Gasteiger partial charge in [0.1, 0.15) is 17.3 Å². The fourth-order valence-corrected chi connectivity index (χ4v) is 4.67. The molecular formula is C24H27F2N5O4. The highest BCUT2D eigenvalue weighted by Crippen LogP contribution is 2.40. The van der Waals surface area contributed by atoms with Gasteiger partial charge in [-0.15, -0.1) is 0 Å². The summed E-state index contributed by atoms with van der Waals surface area (Å²) < 4.78 is 35.7. The third-order valence-corrected chi connectivity index (χ3v) is 6.68. The Balaban J connectivity index is 1.81. The summed E-state index contributed by atoms with van der Waals surface area (Å²) in [7, 11) is 2.79. The highest BCUT2D eigenvalue weighted by atomic mass is 19.1. The van der Waals surface area contributed by atoms with E-state index in [1.807, 2.05) is 0 Å². The van der Waals surface area contributed by atoms with Crippen molar-refractivity contribution in [3.8, 4) is 5.75 Å².